The third-order valence-electron chi connectivity index (χ3n) is 2.63. The predicted molar refractivity (Wildman–Crippen MR) is 80.1 cm³/mol. The van der Waals surface area contributed by atoms with Crippen LogP contribution in [0.15, 0.2) is 51.8 Å². The van der Waals surface area contributed by atoms with Crippen molar-refractivity contribution in [2.45, 2.75) is 17.6 Å². The highest BCUT2D eigenvalue weighted by atomic mass is 79.9. The van der Waals surface area contributed by atoms with Gasteiger partial charge in [-0.15, -0.1) is 11.8 Å². The minimum Gasteiger partial charge on any atom is -0.295 e. The monoisotopic (exact) mass is 338 g/mol. The van der Waals surface area contributed by atoms with Crippen LogP contribution in [0.5, 0.6) is 0 Å². The number of benzene rings is 2. The number of halogens is 2. The van der Waals surface area contributed by atoms with Crippen molar-refractivity contribution in [3.63, 3.8) is 0 Å². The molecule has 4 heteroatoms. The smallest absolute Gasteiger partial charge is 0.159 e. The fourth-order valence-electron chi connectivity index (χ4n) is 1.60. The molecule has 98 valence electrons. The lowest BCUT2D eigenvalue weighted by molar-refractivity contribution is 0.101. The van der Waals surface area contributed by atoms with Crippen molar-refractivity contribution in [1.82, 2.24) is 0 Å². The topological polar surface area (TPSA) is 17.1 Å². The Morgan fingerprint density at radius 2 is 2.05 bits per heavy atom. The number of ketones is 1. The fourth-order valence-corrected chi connectivity index (χ4v) is 2.93. The zero-order valence-corrected chi connectivity index (χ0v) is 12.7. The zero-order chi connectivity index (χ0) is 13.8. The standard InChI is InChI=1S/C15H12BrFOS/c1-10(18)12-3-2-4-13(8-12)19-9-11-5-6-15(17)14(16)7-11/h2-8H,9H2,1H3. The minimum atomic E-state index is -0.257. The lowest BCUT2D eigenvalue weighted by Crippen LogP contribution is -1.91. The molecule has 0 aromatic heterocycles. The molecule has 0 bridgehead atoms. The number of carbonyl (C=O) groups excluding carboxylic acids is 1. The van der Waals surface area contributed by atoms with Crippen molar-refractivity contribution in [2.24, 2.45) is 0 Å². The average Bonchev–Trinajstić information content (AvgIpc) is 2.40. The van der Waals surface area contributed by atoms with Gasteiger partial charge >= 0.3 is 0 Å². The van der Waals surface area contributed by atoms with E-state index in [1.165, 1.54) is 6.07 Å². The van der Waals surface area contributed by atoms with Gasteiger partial charge in [0.05, 0.1) is 4.47 Å². The molecule has 0 amide bonds. The average molecular weight is 339 g/mol. The second kappa shape index (κ2) is 6.35. The number of rotatable bonds is 4. The molecule has 0 saturated carbocycles. The first-order valence-electron chi connectivity index (χ1n) is 5.74. The van der Waals surface area contributed by atoms with Crippen LogP contribution in [0.4, 0.5) is 4.39 Å². The first-order valence-corrected chi connectivity index (χ1v) is 7.52. The minimum absolute atomic E-state index is 0.0620. The normalized spacial score (nSPS) is 10.5. The second-order valence-electron chi connectivity index (χ2n) is 4.12. The second-order valence-corrected chi connectivity index (χ2v) is 6.02. The molecular formula is C15H12BrFOS. The molecular weight excluding hydrogens is 327 g/mol. The van der Waals surface area contributed by atoms with Crippen molar-refractivity contribution in [1.29, 1.82) is 0 Å². The van der Waals surface area contributed by atoms with Gasteiger partial charge in [0, 0.05) is 16.2 Å². The SMILES string of the molecule is CC(=O)c1cccc(SCc2ccc(F)c(Br)c2)c1. The molecule has 0 unspecified atom stereocenters. The van der Waals surface area contributed by atoms with E-state index >= 15 is 0 Å². The van der Waals surface area contributed by atoms with E-state index in [9.17, 15) is 9.18 Å². The highest BCUT2D eigenvalue weighted by Crippen LogP contribution is 2.26. The molecule has 19 heavy (non-hydrogen) atoms. The molecule has 0 radical (unpaired) electrons. The Hall–Kier alpha value is -1.13. The highest BCUT2D eigenvalue weighted by molar-refractivity contribution is 9.10. The summed E-state index contributed by atoms with van der Waals surface area (Å²) in [6.07, 6.45) is 0. The molecule has 0 aliphatic heterocycles. The number of thioether (sulfide) groups is 1. The summed E-state index contributed by atoms with van der Waals surface area (Å²) in [5.74, 6) is 0.541. The van der Waals surface area contributed by atoms with E-state index in [4.69, 9.17) is 0 Å². The summed E-state index contributed by atoms with van der Waals surface area (Å²) >= 11 is 4.80. The molecule has 0 saturated heterocycles. The van der Waals surface area contributed by atoms with Crippen molar-refractivity contribution < 1.29 is 9.18 Å². The van der Waals surface area contributed by atoms with Gasteiger partial charge < -0.3 is 0 Å². The number of hydrogen-bond donors (Lipinski definition) is 0. The molecule has 0 atom stereocenters. The van der Waals surface area contributed by atoms with Crippen molar-refractivity contribution in [2.75, 3.05) is 0 Å². The maximum Gasteiger partial charge on any atom is 0.159 e. The summed E-state index contributed by atoms with van der Waals surface area (Å²) in [4.78, 5) is 12.3. The Morgan fingerprint density at radius 1 is 1.26 bits per heavy atom. The Kier molecular flexibility index (Phi) is 4.77. The van der Waals surface area contributed by atoms with Gasteiger partial charge in [-0.25, -0.2) is 4.39 Å². The Bertz CT molecular complexity index is 613. The molecule has 2 rings (SSSR count). The Morgan fingerprint density at radius 3 is 2.74 bits per heavy atom. The van der Waals surface area contributed by atoms with Gasteiger partial charge in [0.2, 0.25) is 0 Å². The summed E-state index contributed by atoms with van der Waals surface area (Å²) in [6, 6.07) is 12.5. The third kappa shape index (κ3) is 3.91. The molecule has 0 fully saturated rings. The fraction of sp³-hybridized carbons (Fsp3) is 0.133. The molecule has 0 aliphatic carbocycles. The summed E-state index contributed by atoms with van der Waals surface area (Å²) in [7, 11) is 0. The lowest BCUT2D eigenvalue weighted by Gasteiger charge is -2.04. The summed E-state index contributed by atoms with van der Waals surface area (Å²) in [5.41, 5.74) is 1.75. The first kappa shape index (κ1) is 14.3. The summed E-state index contributed by atoms with van der Waals surface area (Å²) in [5, 5.41) is 0. The molecule has 0 aliphatic rings. The number of Topliss-reactive ketones (excluding diaryl/α,β-unsaturated/α-hetero) is 1. The Balaban J connectivity index is 2.07. The summed E-state index contributed by atoms with van der Waals surface area (Å²) in [6.45, 7) is 1.56. The van der Waals surface area contributed by atoms with Gasteiger partial charge in [-0.1, -0.05) is 18.2 Å². The molecule has 0 spiro atoms. The van der Waals surface area contributed by atoms with Crippen LogP contribution in [0.3, 0.4) is 0 Å². The first-order chi connectivity index (χ1) is 9.06. The van der Waals surface area contributed by atoms with Crippen LogP contribution in [0, 0.1) is 5.82 Å². The summed E-state index contributed by atoms with van der Waals surface area (Å²) < 4.78 is 13.6. The van der Waals surface area contributed by atoms with E-state index in [1.54, 1.807) is 36.9 Å². The van der Waals surface area contributed by atoms with Crippen LogP contribution >= 0.6 is 27.7 Å². The maximum atomic E-state index is 13.1. The van der Waals surface area contributed by atoms with Gasteiger partial charge in [0.15, 0.2) is 5.78 Å². The van der Waals surface area contributed by atoms with Crippen molar-refractivity contribution in [3.8, 4) is 0 Å². The number of carbonyl (C=O) groups is 1. The lowest BCUT2D eigenvalue weighted by atomic mass is 10.2. The third-order valence-corrected chi connectivity index (χ3v) is 4.30. The van der Waals surface area contributed by atoms with Crippen LogP contribution in [0.1, 0.15) is 22.8 Å². The van der Waals surface area contributed by atoms with E-state index in [0.717, 1.165) is 16.2 Å². The van der Waals surface area contributed by atoms with E-state index in [0.29, 0.717) is 10.0 Å². The van der Waals surface area contributed by atoms with E-state index in [2.05, 4.69) is 15.9 Å². The van der Waals surface area contributed by atoms with Gasteiger partial charge in [-0.2, -0.15) is 0 Å². The highest BCUT2D eigenvalue weighted by Gasteiger charge is 2.03. The van der Waals surface area contributed by atoms with Gasteiger partial charge in [0.1, 0.15) is 5.82 Å². The van der Waals surface area contributed by atoms with Crippen LogP contribution in [0.25, 0.3) is 0 Å². The van der Waals surface area contributed by atoms with E-state index in [-0.39, 0.29) is 11.6 Å². The maximum absolute atomic E-state index is 13.1. The molecule has 1 nitrogen and oxygen atoms in total. The zero-order valence-electron chi connectivity index (χ0n) is 10.3. The predicted octanol–water partition coefficient (Wildman–Crippen LogP) is 5.08. The van der Waals surface area contributed by atoms with Gasteiger partial charge in [-0.3, -0.25) is 4.79 Å². The molecule has 0 heterocycles. The van der Waals surface area contributed by atoms with Crippen LogP contribution in [0.2, 0.25) is 0 Å². The largest absolute Gasteiger partial charge is 0.295 e. The van der Waals surface area contributed by atoms with Crippen LogP contribution < -0.4 is 0 Å². The quantitative estimate of drug-likeness (QED) is 0.571. The van der Waals surface area contributed by atoms with Crippen LogP contribution in [-0.4, -0.2) is 5.78 Å². The molecule has 2 aromatic rings. The van der Waals surface area contributed by atoms with E-state index < -0.39 is 0 Å². The van der Waals surface area contributed by atoms with Gasteiger partial charge in [0.25, 0.3) is 0 Å². The van der Waals surface area contributed by atoms with Crippen molar-refractivity contribution in [3.05, 3.63) is 63.9 Å². The van der Waals surface area contributed by atoms with Gasteiger partial charge in [-0.05, 0) is 52.7 Å². The number of hydrogen-bond acceptors (Lipinski definition) is 2. The Labute approximate surface area is 124 Å². The van der Waals surface area contributed by atoms with E-state index in [1.807, 2.05) is 18.2 Å². The van der Waals surface area contributed by atoms with Crippen LogP contribution in [-0.2, 0) is 5.75 Å². The molecule has 2 aromatic carbocycles. The van der Waals surface area contributed by atoms with Crippen molar-refractivity contribution >= 4 is 33.5 Å². The molecule has 0 N–H and O–H groups in total.